The van der Waals surface area contributed by atoms with Crippen molar-refractivity contribution in [2.75, 3.05) is 19.0 Å². The maximum Gasteiger partial charge on any atom is 0.262 e. The van der Waals surface area contributed by atoms with E-state index in [1.165, 1.54) is 29.7 Å². The number of anilines is 1. The Morgan fingerprint density at radius 3 is 2.87 bits per heavy atom. The average molecular weight is 401 g/mol. The Morgan fingerprint density at radius 2 is 2.17 bits per heavy atom. The minimum atomic E-state index is -3.76. The maximum atomic E-state index is 12.7. The van der Waals surface area contributed by atoms with Gasteiger partial charge in [0.2, 0.25) is 10.0 Å². The monoisotopic (exact) mass is 400 g/mol. The molecule has 1 aromatic heterocycles. The summed E-state index contributed by atoms with van der Waals surface area (Å²) in [4.78, 5) is 11.4. The summed E-state index contributed by atoms with van der Waals surface area (Å²) in [6, 6.07) is 6.31. The summed E-state index contributed by atoms with van der Waals surface area (Å²) in [5, 5.41) is 2.63. The van der Waals surface area contributed by atoms with Crippen molar-refractivity contribution >= 4 is 37.5 Å². The minimum Gasteiger partial charge on any atom is -0.482 e. The quantitative estimate of drug-likeness (QED) is 0.849. The molecule has 2 heterocycles. The fraction of sp³-hybridized carbons (Fsp3) is 0.214. The first-order valence-corrected chi connectivity index (χ1v) is 8.86. The first-order chi connectivity index (χ1) is 10.9. The molecule has 0 radical (unpaired) electrons. The molecule has 0 unspecified atom stereocenters. The molecule has 1 aliphatic rings. The Morgan fingerprint density at radius 1 is 1.39 bits per heavy atom. The second-order valence-corrected chi connectivity index (χ2v) is 7.82. The van der Waals surface area contributed by atoms with Crippen LogP contribution >= 0.6 is 15.9 Å². The second-order valence-electron chi connectivity index (χ2n) is 4.96. The highest BCUT2D eigenvalue weighted by Gasteiger charge is 2.27. The molecule has 3 rings (SSSR count). The van der Waals surface area contributed by atoms with Gasteiger partial charge in [0.25, 0.3) is 5.91 Å². The van der Waals surface area contributed by atoms with Gasteiger partial charge in [0.1, 0.15) is 16.4 Å². The lowest BCUT2D eigenvalue weighted by Gasteiger charge is -2.21. The number of nitrogens with one attached hydrogen (secondary N) is 1. The summed E-state index contributed by atoms with van der Waals surface area (Å²) in [5.74, 6) is 0.571. The molecule has 1 amide bonds. The number of hydrogen-bond donors (Lipinski definition) is 1. The van der Waals surface area contributed by atoms with Gasteiger partial charge in [0.05, 0.1) is 18.5 Å². The molecule has 0 fully saturated rings. The van der Waals surface area contributed by atoms with Gasteiger partial charge in [-0.3, -0.25) is 4.79 Å². The van der Waals surface area contributed by atoms with E-state index in [2.05, 4.69) is 21.2 Å². The Kier molecular flexibility index (Phi) is 4.17. The van der Waals surface area contributed by atoms with E-state index in [0.29, 0.717) is 21.7 Å². The van der Waals surface area contributed by atoms with Crippen LogP contribution in [0.4, 0.5) is 5.69 Å². The molecule has 9 heteroatoms. The number of sulfonamides is 1. The molecular weight excluding hydrogens is 388 g/mol. The number of halogens is 1. The van der Waals surface area contributed by atoms with Gasteiger partial charge in [0, 0.05) is 17.6 Å². The van der Waals surface area contributed by atoms with Gasteiger partial charge >= 0.3 is 0 Å². The Bertz CT molecular complexity index is 848. The van der Waals surface area contributed by atoms with Crippen molar-refractivity contribution in [2.24, 2.45) is 0 Å². The Labute approximate surface area is 141 Å². The summed E-state index contributed by atoms with van der Waals surface area (Å²) in [6.07, 6.45) is 1.49. The van der Waals surface area contributed by atoms with E-state index in [1.807, 2.05) is 0 Å². The lowest BCUT2D eigenvalue weighted by Crippen LogP contribution is -2.28. The van der Waals surface area contributed by atoms with E-state index in [0.717, 1.165) is 0 Å². The number of benzene rings is 1. The highest BCUT2D eigenvalue weighted by atomic mass is 79.9. The Hall–Kier alpha value is -1.84. The summed E-state index contributed by atoms with van der Waals surface area (Å²) in [6.45, 7) is -0.0349. The number of rotatable bonds is 4. The molecule has 2 aromatic rings. The smallest absolute Gasteiger partial charge is 0.262 e. The maximum absolute atomic E-state index is 12.7. The first kappa shape index (κ1) is 16.0. The molecular formula is C14H13BrN2O5S. The second kappa shape index (κ2) is 5.99. The van der Waals surface area contributed by atoms with Crippen molar-refractivity contribution in [2.45, 2.75) is 11.4 Å². The normalized spacial score (nSPS) is 14.3. The number of furan rings is 1. The van der Waals surface area contributed by atoms with Crippen molar-refractivity contribution in [3.05, 3.63) is 40.8 Å². The molecule has 1 aliphatic heterocycles. The van der Waals surface area contributed by atoms with E-state index < -0.39 is 10.0 Å². The molecule has 23 heavy (non-hydrogen) atoms. The molecule has 0 spiro atoms. The molecule has 1 N–H and O–H groups in total. The van der Waals surface area contributed by atoms with Crippen LogP contribution in [0.2, 0.25) is 0 Å². The van der Waals surface area contributed by atoms with Crippen molar-refractivity contribution in [3.63, 3.8) is 0 Å². The highest BCUT2D eigenvalue weighted by molar-refractivity contribution is 9.10. The zero-order chi connectivity index (χ0) is 16.6. The van der Waals surface area contributed by atoms with Gasteiger partial charge in [-0.25, -0.2) is 8.42 Å². The zero-order valence-electron chi connectivity index (χ0n) is 12.1. The number of ether oxygens (including phenoxy) is 1. The SMILES string of the molecule is CN(Cc1ccco1)S(=O)(=O)c1cc2c(cc1Br)NC(=O)CO2. The number of carbonyl (C=O) groups is 1. The van der Waals surface area contributed by atoms with Crippen LogP contribution in [0.1, 0.15) is 5.76 Å². The van der Waals surface area contributed by atoms with Crippen LogP contribution in [0.15, 0.2) is 44.3 Å². The Balaban J connectivity index is 1.95. The molecule has 1 aromatic carbocycles. The lowest BCUT2D eigenvalue weighted by atomic mass is 10.2. The number of hydrogen-bond acceptors (Lipinski definition) is 5. The van der Waals surface area contributed by atoms with Crippen LogP contribution in [0, 0.1) is 0 Å². The van der Waals surface area contributed by atoms with Crippen LogP contribution < -0.4 is 10.1 Å². The van der Waals surface area contributed by atoms with Gasteiger partial charge in [-0.05, 0) is 34.1 Å². The van der Waals surface area contributed by atoms with Crippen molar-refractivity contribution in [1.82, 2.24) is 4.31 Å². The standard InChI is InChI=1S/C14H13BrN2O5S/c1-17(7-9-3-2-4-21-9)23(19,20)13-6-12-11(5-10(13)15)16-14(18)8-22-12/h2-6H,7-8H2,1H3,(H,16,18). The van der Waals surface area contributed by atoms with Crippen LogP contribution in [0.5, 0.6) is 5.75 Å². The molecule has 0 bridgehead atoms. The van der Waals surface area contributed by atoms with Crippen LogP contribution in [0.3, 0.4) is 0 Å². The van der Waals surface area contributed by atoms with E-state index in [1.54, 1.807) is 12.1 Å². The van der Waals surface area contributed by atoms with Gasteiger partial charge in [-0.15, -0.1) is 0 Å². The van der Waals surface area contributed by atoms with Gasteiger partial charge in [-0.2, -0.15) is 4.31 Å². The molecule has 0 atom stereocenters. The highest BCUT2D eigenvalue weighted by Crippen LogP contribution is 2.36. The zero-order valence-corrected chi connectivity index (χ0v) is 14.5. The lowest BCUT2D eigenvalue weighted by molar-refractivity contribution is -0.118. The third-order valence-electron chi connectivity index (χ3n) is 3.31. The minimum absolute atomic E-state index is 0.0569. The van der Waals surface area contributed by atoms with Gasteiger partial charge in [0.15, 0.2) is 6.61 Å². The number of fused-ring (bicyclic) bond motifs is 1. The van der Waals surface area contributed by atoms with E-state index in [-0.39, 0.29) is 24.0 Å². The number of amides is 1. The van der Waals surface area contributed by atoms with Crippen molar-refractivity contribution in [1.29, 1.82) is 0 Å². The third-order valence-corrected chi connectivity index (χ3v) is 6.08. The summed E-state index contributed by atoms with van der Waals surface area (Å²) in [7, 11) is -2.29. The number of carbonyl (C=O) groups excluding carboxylic acids is 1. The third kappa shape index (κ3) is 3.12. The van der Waals surface area contributed by atoms with Crippen molar-refractivity contribution in [3.8, 4) is 5.75 Å². The fourth-order valence-electron chi connectivity index (χ4n) is 2.15. The van der Waals surface area contributed by atoms with Crippen LogP contribution in [-0.4, -0.2) is 32.3 Å². The predicted octanol–water partition coefficient (Wildman–Crippen LogP) is 2.19. The average Bonchev–Trinajstić information content (AvgIpc) is 2.99. The molecule has 0 saturated carbocycles. The number of nitrogens with zero attached hydrogens (tertiary/aromatic N) is 1. The molecule has 0 saturated heterocycles. The van der Waals surface area contributed by atoms with Gasteiger partial charge < -0.3 is 14.5 Å². The molecule has 7 nitrogen and oxygen atoms in total. The van der Waals surface area contributed by atoms with Crippen LogP contribution in [0.25, 0.3) is 0 Å². The van der Waals surface area contributed by atoms with E-state index in [9.17, 15) is 13.2 Å². The van der Waals surface area contributed by atoms with Crippen molar-refractivity contribution < 1.29 is 22.4 Å². The predicted molar refractivity (Wildman–Crippen MR) is 85.6 cm³/mol. The van der Waals surface area contributed by atoms with E-state index in [4.69, 9.17) is 9.15 Å². The van der Waals surface area contributed by atoms with E-state index >= 15 is 0 Å². The largest absolute Gasteiger partial charge is 0.482 e. The summed E-state index contributed by atoms with van der Waals surface area (Å²) in [5.41, 5.74) is 0.431. The van der Waals surface area contributed by atoms with Crippen LogP contribution in [-0.2, 0) is 21.4 Å². The summed E-state index contributed by atoms with van der Waals surface area (Å²) >= 11 is 3.24. The molecule has 0 aliphatic carbocycles. The topological polar surface area (TPSA) is 88.9 Å². The fourth-order valence-corrected chi connectivity index (χ4v) is 4.31. The molecule has 122 valence electrons. The van der Waals surface area contributed by atoms with Gasteiger partial charge in [-0.1, -0.05) is 0 Å². The summed E-state index contributed by atoms with van der Waals surface area (Å²) < 4.78 is 37.5. The first-order valence-electron chi connectivity index (χ1n) is 6.63.